The molecule has 1 heterocycles. The molecule has 0 radical (unpaired) electrons. The minimum Gasteiger partial charge on any atom is -0.352 e. The molecule has 0 bridgehead atoms. The Morgan fingerprint density at radius 2 is 1.71 bits per heavy atom. The lowest BCUT2D eigenvalue weighted by atomic mass is 10.1. The number of rotatable bonds is 18. The van der Waals surface area contributed by atoms with Gasteiger partial charge in [-0.2, -0.15) is 0 Å². The molecule has 0 unspecified atom stereocenters. The molecular weight excluding hydrogens is 464 g/mol. The van der Waals surface area contributed by atoms with Gasteiger partial charge < -0.3 is 16.0 Å². The lowest BCUT2D eigenvalue weighted by Gasteiger charge is -2.24. The Balaban J connectivity index is 1.81. The third-order valence-corrected chi connectivity index (χ3v) is 6.66. The second-order valence-corrected chi connectivity index (χ2v) is 9.94. The maximum Gasteiger partial charge on any atom is 0.331 e. The van der Waals surface area contributed by atoms with E-state index in [1.54, 1.807) is 24.3 Å². The molecule has 3 N–H and O–H groups in total. The Morgan fingerprint density at radius 1 is 1.03 bits per heavy atom. The third-order valence-electron chi connectivity index (χ3n) is 6.42. The fourth-order valence-electron chi connectivity index (χ4n) is 4.47. The SMILES string of the molecule is CCCCCCCCCCCC(=O)N[C@@H](CCCCN)CN1CC(=O)N(c2cccc(Cl)c2)C1=O. The summed E-state index contributed by atoms with van der Waals surface area (Å²) in [6, 6.07) is 6.12. The van der Waals surface area contributed by atoms with Crippen LogP contribution in [0.25, 0.3) is 0 Å². The molecule has 196 valence electrons. The van der Waals surface area contributed by atoms with Gasteiger partial charge in [0, 0.05) is 24.0 Å². The van der Waals surface area contributed by atoms with Crippen LogP contribution in [0.4, 0.5) is 10.5 Å². The minimum atomic E-state index is -0.380. The Labute approximate surface area is 215 Å². The molecule has 4 amide bonds. The molecule has 1 aliphatic rings. The number of hydrogen-bond acceptors (Lipinski definition) is 4. The van der Waals surface area contributed by atoms with Gasteiger partial charge in [-0.25, -0.2) is 9.69 Å². The molecule has 0 aromatic heterocycles. The fourth-order valence-corrected chi connectivity index (χ4v) is 4.65. The molecule has 7 nitrogen and oxygen atoms in total. The molecule has 1 saturated heterocycles. The highest BCUT2D eigenvalue weighted by atomic mass is 35.5. The van der Waals surface area contributed by atoms with Crippen LogP contribution in [0.1, 0.15) is 90.4 Å². The summed E-state index contributed by atoms with van der Waals surface area (Å²) >= 11 is 6.04. The van der Waals surface area contributed by atoms with E-state index in [1.165, 1.54) is 49.8 Å². The standard InChI is InChI=1S/C27H43ClN4O3/c1-2-3-4-5-6-7-8-9-10-17-25(33)30-23(15-11-12-18-29)20-31-21-26(34)32(27(31)35)24-16-13-14-22(28)19-24/h13-14,16,19,23H,2-12,15,17-18,20-21,29H2,1H3,(H,30,33)/t23-/m0/s1. The molecule has 35 heavy (non-hydrogen) atoms. The van der Waals surface area contributed by atoms with Crippen LogP contribution in [-0.2, 0) is 9.59 Å². The Hall–Kier alpha value is -2.12. The number of urea groups is 1. The Morgan fingerprint density at radius 3 is 2.37 bits per heavy atom. The zero-order valence-corrected chi connectivity index (χ0v) is 22.0. The summed E-state index contributed by atoms with van der Waals surface area (Å²) in [6.45, 7) is 3.11. The number of carbonyl (C=O) groups is 3. The smallest absolute Gasteiger partial charge is 0.331 e. The van der Waals surface area contributed by atoms with Crippen molar-refractivity contribution in [1.29, 1.82) is 0 Å². The quantitative estimate of drug-likeness (QED) is 0.199. The van der Waals surface area contributed by atoms with Crippen molar-refractivity contribution in [3.05, 3.63) is 29.3 Å². The first-order chi connectivity index (χ1) is 17.0. The predicted octanol–water partition coefficient (Wildman–Crippen LogP) is 5.64. The van der Waals surface area contributed by atoms with Gasteiger partial charge in [0.2, 0.25) is 5.91 Å². The molecule has 0 saturated carbocycles. The van der Waals surface area contributed by atoms with Gasteiger partial charge in [-0.15, -0.1) is 0 Å². The molecular formula is C27H43ClN4O3. The van der Waals surface area contributed by atoms with Gasteiger partial charge in [0.15, 0.2) is 0 Å². The number of benzene rings is 1. The van der Waals surface area contributed by atoms with Crippen LogP contribution in [0.3, 0.4) is 0 Å². The molecule has 1 atom stereocenters. The van der Waals surface area contributed by atoms with Gasteiger partial charge in [0.25, 0.3) is 5.91 Å². The molecule has 0 aliphatic carbocycles. The van der Waals surface area contributed by atoms with Crippen molar-refractivity contribution in [3.63, 3.8) is 0 Å². The number of imide groups is 1. The van der Waals surface area contributed by atoms with E-state index in [0.29, 0.717) is 30.2 Å². The molecule has 1 aromatic rings. The van der Waals surface area contributed by atoms with Crippen LogP contribution < -0.4 is 16.0 Å². The molecule has 1 aromatic carbocycles. The second-order valence-electron chi connectivity index (χ2n) is 9.50. The van der Waals surface area contributed by atoms with Crippen molar-refractivity contribution < 1.29 is 14.4 Å². The number of hydrogen-bond donors (Lipinski definition) is 2. The number of carbonyl (C=O) groups excluding carboxylic acids is 3. The first-order valence-corrected chi connectivity index (χ1v) is 13.7. The zero-order chi connectivity index (χ0) is 25.5. The first kappa shape index (κ1) is 29.1. The van der Waals surface area contributed by atoms with Crippen molar-refractivity contribution >= 4 is 35.1 Å². The van der Waals surface area contributed by atoms with Crippen LogP contribution in [0.2, 0.25) is 5.02 Å². The average Bonchev–Trinajstić information content (AvgIpc) is 3.10. The maximum absolute atomic E-state index is 13.0. The van der Waals surface area contributed by atoms with E-state index in [1.807, 2.05) is 0 Å². The van der Waals surface area contributed by atoms with Gasteiger partial charge in [0.1, 0.15) is 6.54 Å². The fraction of sp³-hybridized carbons (Fsp3) is 0.667. The highest BCUT2D eigenvalue weighted by Gasteiger charge is 2.38. The van der Waals surface area contributed by atoms with E-state index in [-0.39, 0.29) is 30.4 Å². The van der Waals surface area contributed by atoms with Crippen molar-refractivity contribution in [2.24, 2.45) is 5.73 Å². The van der Waals surface area contributed by atoms with Crippen molar-refractivity contribution in [1.82, 2.24) is 10.2 Å². The molecule has 0 spiro atoms. The topological polar surface area (TPSA) is 95.7 Å². The van der Waals surface area contributed by atoms with Gasteiger partial charge in [-0.3, -0.25) is 9.59 Å². The maximum atomic E-state index is 13.0. The Kier molecular flexibility index (Phi) is 13.8. The zero-order valence-electron chi connectivity index (χ0n) is 21.3. The lowest BCUT2D eigenvalue weighted by Crippen LogP contribution is -2.45. The van der Waals surface area contributed by atoms with Crippen LogP contribution in [0.5, 0.6) is 0 Å². The van der Waals surface area contributed by atoms with Crippen molar-refractivity contribution in [2.75, 3.05) is 24.5 Å². The van der Waals surface area contributed by atoms with Gasteiger partial charge >= 0.3 is 6.03 Å². The number of unbranched alkanes of at least 4 members (excludes halogenated alkanes) is 9. The predicted molar refractivity (Wildman–Crippen MR) is 143 cm³/mol. The van der Waals surface area contributed by atoms with Crippen molar-refractivity contribution in [2.45, 2.75) is 96.4 Å². The second kappa shape index (κ2) is 16.5. The van der Waals surface area contributed by atoms with Crippen LogP contribution in [0, 0.1) is 0 Å². The van der Waals surface area contributed by atoms with E-state index in [2.05, 4.69) is 12.2 Å². The molecule has 1 aliphatic heterocycles. The number of nitrogens with zero attached hydrogens (tertiary/aromatic N) is 2. The minimum absolute atomic E-state index is 0.00708. The van der Waals surface area contributed by atoms with Gasteiger partial charge in [-0.1, -0.05) is 82.4 Å². The summed E-state index contributed by atoms with van der Waals surface area (Å²) < 4.78 is 0. The monoisotopic (exact) mass is 506 g/mol. The van der Waals surface area contributed by atoms with E-state index >= 15 is 0 Å². The number of nitrogens with one attached hydrogen (secondary N) is 1. The summed E-state index contributed by atoms with van der Waals surface area (Å²) in [6.07, 6.45) is 13.8. The van der Waals surface area contributed by atoms with E-state index in [4.69, 9.17) is 17.3 Å². The summed E-state index contributed by atoms with van der Waals surface area (Å²) in [5, 5.41) is 3.57. The molecule has 8 heteroatoms. The summed E-state index contributed by atoms with van der Waals surface area (Å²) in [4.78, 5) is 40.9. The van der Waals surface area contributed by atoms with Crippen LogP contribution in [0.15, 0.2) is 24.3 Å². The van der Waals surface area contributed by atoms with Gasteiger partial charge in [-0.05, 0) is 44.0 Å². The summed E-state index contributed by atoms with van der Waals surface area (Å²) in [5.74, 6) is -0.283. The Bertz CT molecular complexity index is 804. The van der Waals surface area contributed by atoms with E-state index in [9.17, 15) is 14.4 Å². The number of anilines is 1. The van der Waals surface area contributed by atoms with Crippen LogP contribution >= 0.6 is 11.6 Å². The van der Waals surface area contributed by atoms with E-state index < -0.39 is 0 Å². The number of halogens is 1. The largest absolute Gasteiger partial charge is 0.352 e. The normalized spacial score (nSPS) is 14.6. The summed E-state index contributed by atoms with van der Waals surface area (Å²) in [7, 11) is 0. The first-order valence-electron chi connectivity index (χ1n) is 13.3. The summed E-state index contributed by atoms with van der Waals surface area (Å²) in [5.41, 5.74) is 6.10. The third kappa shape index (κ3) is 10.6. The lowest BCUT2D eigenvalue weighted by molar-refractivity contribution is -0.122. The van der Waals surface area contributed by atoms with Crippen LogP contribution in [-0.4, -0.2) is 48.4 Å². The highest BCUT2D eigenvalue weighted by molar-refractivity contribution is 6.31. The number of amides is 4. The molecule has 1 fully saturated rings. The van der Waals surface area contributed by atoms with Crippen molar-refractivity contribution in [3.8, 4) is 0 Å². The highest BCUT2D eigenvalue weighted by Crippen LogP contribution is 2.24. The number of nitrogens with two attached hydrogens (primary N) is 1. The molecule has 2 rings (SSSR count). The van der Waals surface area contributed by atoms with Gasteiger partial charge in [0.05, 0.1) is 5.69 Å². The van der Waals surface area contributed by atoms with E-state index in [0.717, 1.165) is 37.0 Å². The average molecular weight is 507 g/mol.